The van der Waals surface area contributed by atoms with Crippen LogP contribution in [0, 0.1) is 5.82 Å². The van der Waals surface area contributed by atoms with Crippen LogP contribution in [0.5, 0.6) is 0 Å². The molecule has 2 rings (SSSR count). The number of hydrogen-bond donors (Lipinski definition) is 0. The minimum atomic E-state index is -0.344. The standard InChI is InChI=1S/C13H9BrFNO.BrH/c14-8-13(17)9-5-6-16-12(7-9)10-3-1-2-4-11(10)15;/h1-7H,8H2;1H. The van der Waals surface area contributed by atoms with Gasteiger partial charge < -0.3 is 0 Å². The van der Waals surface area contributed by atoms with Gasteiger partial charge in [0, 0.05) is 17.3 Å². The monoisotopic (exact) mass is 373 g/mol. The van der Waals surface area contributed by atoms with Crippen molar-refractivity contribution in [3.63, 3.8) is 0 Å². The molecular weight excluding hydrogens is 365 g/mol. The SMILES string of the molecule is Br.O=C(CBr)c1ccnc(-c2ccccc2F)c1. The highest BCUT2D eigenvalue weighted by atomic mass is 79.9. The van der Waals surface area contributed by atoms with Crippen LogP contribution >= 0.6 is 32.9 Å². The molecule has 0 amide bonds. The van der Waals surface area contributed by atoms with E-state index in [2.05, 4.69) is 20.9 Å². The second-order valence-corrected chi connectivity index (χ2v) is 4.03. The zero-order chi connectivity index (χ0) is 12.3. The Balaban J connectivity index is 0.00000162. The third kappa shape index (κ3) is 3.23. The molecule has 0 N–H and O–H groups in total. The van der Waals surface area contributed by atoms with Crippen LogP contribution in [0.25, 0.3) is 11.3 Å². The van der Waals surface area contributed by atoms with Gasteiger partial charge in [0.15, 0.2) is 5.78 Å². The minimum absolute atomic E-state index is 0. The summed E-state index contributed by atoms with van der Waals surface area (Å²) in [6.45, 7) is 0. The molecular formula is C13H10Br2FNO. The zero-order valence-corrected chi connectivity index (χ0v) is 12.6. The molecule has 1 aromatic carbocycles. The van der Waals surface area contributed by atoms with Crippen molar-refractivity contribution in [2.24, 2.45) is 0 Å². The Morgan fingerprint density at radius 1 is 1.28 bits per heavy atom. The van der Waals surface area contributed by atoms with E-state index in [0.717, 1.165) is 0 Å². The first-order chi connectivity index (χ1) is 8.22. The molecule has 2 nitrogen and oxygen atoms in total. The molecule has 0 saturated heterocycles. The van der Waals surface area contributed by atoms with E-state index in [-0.39, 0.29) is 33.9 Å². The Hall–Kier alpha value is -1.07. The Morgan fingerprint density at radius 3 is 2.67 bits per heavy atom. The minimum Gasteiger partial charge on any atom is -0.293 e. The number of Topliss-reactive ketones (excluding diaryl/α,β-unsaturated/α-hetero) is 1. The number of benzene rings is 1. The predicted molar refractivity (Wildman–Crippen MR) is 78.1 cm³/mol. The maximum Gasteiger partial charge on any atom is 0.173 e. The lowest BCUT2D eigenvalue weighted by molar-refractivity contribution is 0.102. The average Bonchev–Trinajstić information content (AvgIpc) is 2.38. The van der Waals surface area contributed by atoms with Crippen LogP contribution in [-0.4, -0.2) is 16.1 Å². The van der Waals surface area contributed by atoms with Gasteiger partial charge in [-0.3, -0.25) is 9.78 Å². The van der Waals surface area contributed by atoms with E-state index in [0.29, 0.717) is 16.8 Å². The van der Waals surface area contributed by atoms with Crippen LogP contribution in [0.4, 0.5) is 4.39 Å². The first kappa shape index (κ1) is 15.0. The molecule has 0 spiro atoms. The van der Waals surface area contributed by atoms with Gasteiger partial charge in [-0.05, 0) is 24.3 Å². The van der Waals surface area contributed by atoms with Crippen LogP contribution < -0.4 is 0 Å². The maximum atomic E-state index is 13.6. The van der Waals surface area contributed by atoms with Crippen molar-refractivity contribution in [3.8, 4) is 11.3 Å². The van der Waals surface area contributed by atoms with Crippen molar-refractivity contribution >= 4 is 38.7 Å². The second kappa shape index (κ2) is 6.75. The van der Waals surface area contributed by atoms with Crippen molar-refractivity contribution in [2.75, 3.05) is 5.33 Å². The number of nitrogens with zero attached hydrogens (tertiary/aromatic N) is 1. The molecule has 18 heavy (non-hydrogen) atoms. The number of pyridine rings is 1. The smallest absolute Gasteiger partial charge is 0.173 e. The van der Waals surface area contributed by atoms with Gasteiger partial charge in [0.05, 0.1) is 11.0 Å². The van der Waals surface area contributed by atoms with E-state index < -0.39 is 0 Å². The third-order valence-electron chi connectivity index (χ3n) is 2.35. The lowest BCUT2D eigenvalue weighted by atomic mass is 10.1. The summed E-state index contributed by atoms with van der Waals surface area (Å²) in [6.07, 6.45) is 1.51. The molecule has 5 heteroatoms. The summed E-state index contributed by atoms with van der Waals surface area (Å²) in [7, 11) is 0. The van der Waals surface area contributed by atoms with Crippen LogP contribution in [-0.2, 0) is 0 Å². The van der Waals surface area contributed by atoms with Crippen molar-refractivity contribution < 1.29 is 9.18 Å². The molecule has 94 valence electrons. The van der Waals surface area contributed by atoms with Gasteiger partial charge in [0.1, 0.15) is 5.82 Å². The quantitative estimate of drug-likeness (QED) is 0.599. The highest BCUT2D eigenvalue weighted by molar-refractivity contribution is 9.09. The van der Waals surface area contributed by atoms with Gasteiger partial charge >= 0.3 is 0 Å². The summed E-state index contributed by atoms with van der Waals surface area (Å²) < 4.78 is 13.6. The fourth-order valence-electron chi connectivity index (χ4n) is 1.50. The highest BCUT2D eigenvalue weighted by Crippen LogP contribution is 2.21. The van der Waals surface area contributed by atoms with Gasteiger partial charge in [0.25, 0.3) is 0 Å². The van der Waals surface area contributed by atoms with Gasteiger partial charge in [-0.25, -0.2) is 4.39 Å². The summed E-state index contributed by atoms with van der Waals surface area (Å²) in [5, 5.41) is 0.244. The molecule has 0 radical (unpaired) electrons. The van der Waals surface area contributed by atoms with E-state index in [1.165, 1.54) is 12.3 Å². The average molecular weight is 375 g/mol. The fourth-order valence-corrected chi connectivity index (χ4v) is 1.82. The number of rotatable bonds is 3. The molecule has 0 aliphatic carbocycles. The number of alkyl halides is 1. The molecule has 0 aliphatic heterocycles. The molecule has 0 bridgehead atoms. The zero-order valence-electron chi connectivity index (χ0n) is 9.27. The Morgan fingerprint density at radius 2 is 2.00 bits per heavy atom. The normalized spacial score (nSPS) is 9.67. The largest absolute Gasteiger partial charge is 0.293 e. The molecule has 0 saturated carbocycles. The highest BCUT2D eigenvalue weighted by Gasteiger charge is 2.09. The summed E-state index contributed by atoms with van der Waals surface area (Å²) in [5.41, 5.74) is 1.39. The van der Waals surface area contributed by atoms with Crippen LogP contribution in [0.3, 0.4) is 0 Å². The number of carbonyl (C=O) groups is 1. The molecule has 0 fully saturated rings. The topological polar surface area (TPSA) is 30.0 Å². The number of carbonyl (C=O) groups excluding carboxylic acids is 1. The van der Waals surface area contributed by atoms with Crippen molar-refractivity contribution in [2.45, 2.75) is 0 Å². The Kier molecular flexibility index (Phi) is 5.62. The molecule has 2 aromatic rings. The van der Waals surface area contributed by atoms with Crippen molar-refractivity contribution in [1.29, 1.82) is 0 Å². The van der Waals surface area contributed by atoms with Gasteiger partial charge in [-0.15, -0.1) is 17.0 Å². The molecule has 0 aliphatic rings. The summed E-state index contributed by atoms with van der Waals surface area (Å²) in [4.78, 5) is 15.6. The number of aromatic nitrogens is 1. The third-order valence-corrected chi connectivity index (χ3v) is 2.86. The number of hydrogen-bond acceptors (Lipinski definition) is 2. The molecule has 1 aromatic heterocycles. The predicted octanol–water partition coefficient (Wildman–Crippen LogP) is 4.04. The summed E-state index contributed by atoms with van der Waals surface area (Å²) in [5.74, 6) is -0.395. The van der Waals surface area contributed by atoms with E-state index in [1.54, 1.807) is 30.3 Å². The van der Waals surface area contributed by atoms with E-state index >= 15 is 0 Å². The van der Waals surface area contributed by atoms with Crippen LogP contribution in [0.1, 0.15) is 10.4 Å². The van der Waals surface area contributed by atoms with Gasteiger partial charge in [0.2, 0.25) is 0 Å². The van der Waals surface area contributed by atoms with Crippen molar-refractivity contribution in [1.82, 2.24) is 4.98 Å². The first-order valence-electron chi connectivity index (χ1n) is 5.02. The lowest BCUT2D eigenvalue weighted by Crippen LogP contribution is -2.00. The van der Waals surface area contributed by atoms with Gasteiger partial charge in [-0.2, -0.15) is 0 Å². The summed E-state index contributed by atoms with van der Waals surface area (Å²) in [6, 6.07) is 9.58. The van der Waals surface area contributed by atoms with E-state index in [4.69, 9.17) is 0 Å². The second-order valence-electron chi connectivity index (χ2n) is 3.47. The van der Waals surface area contributed by atoms with Gasteiger partial charge in [-0.1, -0.05) is 28.1 Å². The van der Waals surface area contributed by atoms with Crippen molar-refractivity contribution in [3.05, 3.63) is 54.0 Å². The summed E-state index contributed by atoms with van der Waals surface area (Å²) >= 11 is 3.10. The fraction of sp³-hybridized carbons (Fsp3) is 0.0769. The Labute approximate surface area is 123 Å². The van der Waals surface area contributed by atoms with E-state index in [9.17, 15) is 9.18 Å². The number of ketones is 1. The molecule has 0 atom stereocenters. The Bertz CT molecular complexity index is 560. The van der Waals surface area contributed by atoms with E-state index in [1.807, 2.05) is 0 Å². The lowest BCUT2D eigenvalue weighted by Gasteiger charge is -2.04. The molecule has 0 unspecified atom stereocenters. The first-order valence-corrected chi connectivity index (χ1v) is 6.14. The number of halogens is 3. The molecule has 1 heterocycles. The van der Waals surface area contributed by atoms with Crippen LogP contribution in [0.2, 0.25) is 0 Å². The van der Waals surface area contributed by atoms with Crippen LogP contribution in [0.15, 0.2) is 42.6 Å². The maximum absolute atomic E-state index is 13.6.